The molecule has 204 valence electrons. The minimum absolute atomic E-state index is 0.175. The second-order valence-corrected chi connectivity index (χ2v) is 11.7. The summed E-state index contributed by atoms with van der Waals surface area (Å²) in [6, 6.07) is 32.0. The number of fused-ring (bicyclic) bond motifs is 2. The second-order valence-electron chi connectivity index (χ2n) is 9.67. The molecule has 2 heterocycles. The Hall–Kier alpha value is -4.20. The number of benzene rings is 4. The second kappa shape index (κ2) is 11.7. The number of thiazole rings is 1. The molecule has 0 saturated carbocycles. The molecule has 6 rings (SSSR count). The summed E-state index contributed by atoms with van der Waals surface area (Å²) in [5, 5.41) is 2.24. The Labute approximate surface area is 246 Å². The number of hydrogen-bond donors (Lipinski definition) is 0. The number of nitrogens with zero attached hydrogens (tertiary/aromatic N) is 2. The first-order valence-corrected chi connectivity index (χ1v) is 15.3. The molecule has 7 heteroatoms. The lowest BCUT2D eigenvalue weighted by Gasteiger charge is -2.25. The maximum Gasteiger partial charge on any atom is 0.338 e. The number of ether oxygens (including phenoxy) is 1. The maximum absolute atomic E-state index is 14.0. The van der Waals surface area contributed by atoms with Crippen molar-refractivity contribution in [3.8, 4) is 0 Å². The molecule has 1 aromatic heterocycles. The van der Waals surface area contributed by atoms with Crippen LogP contribution in [0.5, 0.6) is 0 Å². The van der Waals surface area contributed by atoms with Crippen LogP contribution in [0.25, 0.3) is 16.8 Å². The lowest BCUT2D eigenvalue weighted by molar-refractivity contribution is -0.136. The Balaban J connectivity index is 1.48. The van der Waals surface area contributed by atoms with Crippen molar-refractivity contribution in [3.63, 3.8) is 0 Å². The molecular weight excluding hydrogens is 549 g/mol. The van der Waals surface area contributed by atoms with E-state index in [0.717, 1.165) is 27.7 Å². The number of methoxy groups -OCH3 is 1. The summed E-state index contributed by atoms with van der Waals surface area (Å²) in [6.07, 6.45) is 2.50. The van der Waals surface area contributed by atoms with Gasteiger partial charge in [0.1, 0.15) is 0 Å². The zero-order chi connectivity index (χ0) is 28.3. The molecule has 0 bridgehead atoms. The van der Waals surface area contributed by atoms with Crippen molar-refractivity contribution in [1.29, 1.82) is 0 Å². The molecule has 0 spiro atoms. The number of rotatable bonds is 7. The average molecular weight is 577 g/mol. The summed E-state index contributed by atoms with van der Waals surface area (Å²) in [5.41, 5.74) is 3.96. The molecular formula is C34H28N2O3S2. The molecule has 1 aliphatic rings. The van der Waals surface area contributed by atoms with Crippen LogP contribution in [0.1, 0.15) is 36.1 Å². The van der Waals surface area contributed by atoms with Gasteiger partial charge in [0.15, 0.2) is 4.80 Å². The van der Waals surface area contributed by atoms with Gasteiger partial charge in [-0.25, -0.2) is 9.79 Å². The van der Waals surface area contributed by atoms with Crippen LogP contribution >= 0.6 is 23.1 Å². The number of carbonyl (C=O) groups is 1. The van der Waals surface area contributed by atoms with Gasteiger partial charge < -0.3 is 4.74 Å². The first kappa shape index (κ1) is 27.0. The molecule has 0 N–H and O–H groups in total. The molecule has 1 aliphatic heterocycles. The van der Waals surface area contributed by atoms with Gasteiger partial charge in [0.2, 0.25) is 0 Å². The van der Waals surface area contributed by atoms with Gasteiger partial charge in [-0.1, -0.05) is 109 Å². The Bertz CT molecular complexity index is 1960. The summed E-state index contributed by atoms with van der Waals surface area (Å²) < 4.78 is 7.37. The SMILES string of the molecule is CCC1=C(C(=O)OC)[C@@H](c2ccccc2)n2c(s/c(=C\c3ccc(SCc4ccccc4)c4ccccc34)c2=O)=N1. The smallest absolute Gasteiger partial charge is 0.338 e. The number of allylic oxidation sites excluding steroid dienone is 1. The monoisotopic (exact) mass is 576 g/mol. The first-order chi connectivity index (χ1) is 20.1. The summed E-state index contributed by atoms with van der Waals surface area (Å²) >= 11 is 3.16. The van der Waals surface area contributed by atoms with E-state index in [1.807, 2.05) is 73.3 Å². The molecule has 0 radical (unpaired) electrons. The van der Waals surface area contributed by atoms with Gasteiger partial charge in [0.05, 0.1) is 29.0 Å². The van der Waals surface area contributed by atoms with Crippen molar-refractivity contribution < 1.29 is 9.53 Å². The molecule has 0 fully saturated rings. The average Bonchev–Trinajstić information content (AvgIpc) is 3.34. The predicted octanol–water partition coefficient (Wildman–Crippen LogP) is 6.24. The van der Waals surface area contributed by atoms with E-state index in [1.165, 1.54) is 28.9 Å². The molecule has 1 atom stereocenters. The quantitative estimate of drug-likeness (QED) is 0.170. The Morgan fingerprint density at radius 1 is 0.951 bits per heavy atom. The Kier molecular flexibility index (Phi) is 7.72. The highest BCUT2D eigenvalue weighted by Crippen LogP contribution is 2.33. The Morgan fingerprint density at radius 3 is 2.34 bits per heavy atom. The number of carbonyl (C=O) groups excluding carboxylic acids is 1. The first-order valence-electron chi connectivity index (χ1n) is 13.5. The fourth-order valence-electron chi connectivity index (χ4n) is 5.24. The fourth-order valence-corrected chi connectivity index (χ4v) is 7.26. The van der Waals surface area contributed by atoms with E-state index in [0.29, 0.717) is 27.0 Å². The van der Waals surface area contributed by atoms with Crippen LogP contribution in [0, 0.1) is 0 Å². The van der Waals surface area contributed by atoms with E-state index in [4.69, 9.17) is 9.73 Å². The van der Waals surface area contributed by atoms with Crippen molar-refractivity contribution in [3.05, 3.63) is 145 Å². The molecule has 4 aromatic carbocycles. The van der Waals surface area contributed by atoms with Crippen LogP contribution in [0.15, 0.2) is 123 Å². The summed E-state index contributed by atoms with van der Waals surface area (Å²) in [6.45, 7) is 1.96. The van der Waals surface area contributed by atoms with Crippen LogP contribution in [-0.2, 0) is 15.3 Å². The largest absolute Gasteiger partial charge is 0.466 e. The highest BCUT2D eigenvalue weighted by Gasteiger charge is 2.33. The summed E-state index contributed by atoms with van der Waals surface area (Å²) in [5.74, 6) is 0.410. The van der Waals surface area contributed by atoms with Gasteiger partial charge in [0, 0.05) is 10.6 Å². The third-order valence-corrected chi connectivity index (χ3v) is 9.33. The van der Waals surface area contributed by atoms with Crippen LogP contribution in [0.3, 0.4) is 0 Å². The molecule has 0 aliphatic carbocycles. The lowest BCUT2D eigenvalue weighted by Crippen LogP contribution is -2.40. The molecule has 5 aromatic rings. The number of thioether (sulfide) groups is 1. The molecule has 5 nitrogen and oxygen atoms in total. The lowest BCUT2D eigenvalue weighted by atomic mass is 9.95. The zero-order valence-corrected chi connectivity index (χ0v) is 24.4. The molecule has 0 saturated heterocycles. The van der Waals surface area contributed by atoms with Crippen LogP contribution in [-0.4, -0.2) is 17.6 Å². The van der Waals surface area contributed by atoms with Crippen molar-refractivity contribution in [2.45, 2.75) is 30.0 Å². The van der Waals surface area contributed by atoms with Crippen LogP contribution in [0.2, 0.25) is 0 Å². The van der Waals surface area contributed by atoms with Crippen molar-refractivity contribution in [2.24, 2.45) is 4.99 Å². The van der Waals surface area contributed by atoms with Crippen LogP contribution in [0.4, 0.5) is 0 Å². The topological polar surface area (TPSA) is 60.7 Å². The predicted molar refractivity (Wildman–Crippen MR) is 167 cm³/mol. The highest BCUT2D eigenvalue weighted by molar-refractivity contribution is 7.98. The van der Waals surface area contributed by atoms with E-state index in [1.54, 1.807) is 4.57 Å². The summed E-state index contributed by atoms with van der Waals surface area (Å²) in [7, 11) is 1.36. The third kappa shape index (κ3) is 5.19. The zero-order valence-electron chi connectivity index (χ0n) is 22.7. The van der Waals surface area contributed by atoms with Crippen LogP contribution < -0.4 is 14.9 Å². The van der Waals surface area contributed by atoms with E-state index < -0.39 is 12.0 Å². The normalized spacial score (nSPS) is 15.1. The minimum Gasteiger partial charge on any atom is -0.466 e. The summed E-state index contributed by atoms with van der Waals surface area (Å²) in [4.78, 5) is 33.6. The minimum atomic E-state index is -0.606. The van der Waals surface area contributed by atoms with Gasteiger partial charge in [-0.2, -0.15) is 0 Å². The molecule has 0 unspecified atom stereocenters. The number of hydrogen-bond acceptors (Lipinski definition) is 6. The standard InChI is InChI=1S/C34H28N2O3S2/c1-3-27-30(33(38)39-2)31(23-14-8-5-9-15-23)36-32(37)29(41-34(36)35-27)20-24-18-19-28(26-17-11-10-16-25(24)26)40-21-22-12-6-4-7-13-22/h4-20,31H,3,21H2,1-2H3/b29-20-/t31-/m1/s1. The Morgan fingerprint density at radius 2 is 1.63 bits per heavy atom. The van der Waals surface area contributed by atoms with Crippen molar-refractivity contribution in [1.82, 2.24) is 4.57 Å². The van der Waals surface area contributed by atoms with Gasteiger partial charge >= 0.3 is 5.97 Å². The van der Waals surface area contributed by atoms with Gasteiger partial charge in [-0.15, -0.1) is 11.8 Å². The maximum atomic E-state index is 14.0. The van der Waals surface area contributed by atoms with Gasteiger partial charge in [-0.05, 0) is 46.0 Å². The van der Waals surface area contributed by atoms with E-state index >= 15 is 0 Å². The van der Waals surface area contributed by atoms with Crippen molar-refractivity contribution in [2.75, 3.05) is 7.11 Å². The number of aromatic nitrogens is 1. The van der Waals surface area contributed by atoms with Crippen molar-refractivity contribution >= 4 is 45.9 Å². The highest BCUT2D eigenvalue weighted by atomic mass is 32.2. The van der Waals surface area contributed by atoms with E-state index in [9.17, 15) is 9.59 Å². The van der Waals surface area contributed by atoms with Gasteiger partial charge in [0.25, 0.3) is 5.56 Å². The molecule has 0 amide bonds. The fraction of sp³-hybridized carbons (Fsp3) is 0.147. The number of esters is 1. The van der Waals surface area contributed by atoms with E-state index in [-0.39, 0.29) is 5.56 Å². The van der Waals surface area contributed by atoms with E-state index in [2.05, 4.69) is 48.5 Å². The third-order valence-electron chi connectivity index (χ3n) is 7.21. The molecule has 41 heavy (non-hydrogen) atoms. The van der Waals surface area contributed by atoms with Gasteiger partial charge in [-0.3, -0.25) is 9.36 Å².